The predicted molar refractivity (Wildman–Crippen MR) is 105 cm³/mol. The highest BCUT2D eigenvalue weighted by Crippen LogP contribution is 2.34. The van der Waals surface area contributed by atoms with Crippen molar-refractivity contribution in [1.82, 2.24) is 0 Å². The molecule has 0 aromatic heterocycles. The molecule has 2 N–H and O–H groups in total. The summed E-state index contributed by atoms with van der Waals surface area (Å²) in [5.41, 5.74) is 9.11. The summed E-state index contributed by atoms with van der Waals surface area (Å²) in [6.07, 6.45) is 16.8. The summed E-state index contributed by atoms with van der Waals surface area (Å²) >= 11 is 0. The Bertz CT molecular complexity index is 601. The minimum Gasteiger partial charge on any atom is -0.488 e. The summed E-state index contributed by atoms with van der Waals surface area (Å²) in [5.74, 6) is 1.48. The molecule has 0 aromatic rings. The van der Waals surface area contributed by atoms with Gasteiger partial charge in [0, 0.05) is 19.3 Å². The van der Waals surface area contributed by atoms with E-state index >= 15 is 0 Å². The van der Waals surface area contributed by atoms with Crippen LogP contribution in [0.2, 0.25) is 0 Å². The number of allylic oxidation sites excluding steroid dienone is 4. The lowest BCUT2D eigenvalue weighted by Gasteiger charge is -2.31. The minimum absolute atomic E-state index is 0.227. The average molecular weight is 341 g/mol. The lowest BCUT2D eigenvalue weighted by molar-refractivity contribution is 0.0890. The van der Waals surface area contributed by atoms with Crippen LogP contribution in [0, 0.1) is 5.92 Å². The van der Waals surface area contributed by atoms with E-state index in [1.807, 2.05) is 7.05 Å². The molecular formula is C21H31N3O. The molecule has 0 amide bonds. The van der Waals surface area contributed by atoms with Crippen molar-refractivity contribution in [3.63, 3.8) is 0 Å². The Hall–Kier alpha value is -1.68. The Labute approximate surface area is 151 Å². The van der Waals surface area contributed by atoms with Crippen molar-refractivity contribution in [1.29, 1.82) is 0 Å². The molecule has 2 fully saturated rings. The normalized spacial score (nSPS) is 31.6. The Kier molecular flexibility index (Phi) is 6.24. The second-order valence-corrected chi connectivity index (χ2v) is 7.41. The molecule has 0 bridgehead atoms. The van der Waals surface area contributed by atoms with Gasteiger partial charge in [-0.1, -0.05) is 25.8 Å². The van der Waals surface area contributed by atoms with Crippen molar-refractivity contribution in [2.75, 3.05) is 7.05 Å². The number of ether oxygens (including phenoxy) is 1. The molecule has 0 atom stereocenters. The van der Waals surface area contributed by atoms with Gasteiger partial charge < -0.3 is 10.5 Å². The molecule has 0 saturated heterocycles. The third kappa shape index (κ3) is 4.49. The van der Waals surface area contributed by atoms with E-state index in [0.29, 0.717) is 12.0 Å². The molecule has 0 aliphatic heterocycles. The van der Waals surface area contributed by atoms with Gasteiger partial charge in [0.1, 0.15) is 11.5 Å². The first kappa shape index (κ1) is 18.1. The molecule has 0 spiro atoms. The van der Waals surface area contributed by atoms with Gasteiger partial charge in [-0.2, -0.15) is 0 Å². The maximum Gasteiger partial charge on any atom is 0.147 e. The molecular weight excluding hydrogens is 310 g/mol. The fourth-order valence-corrected chi connectivity index (χ4v) is 4.15. The van der Waals surface area contributed by atoms with Gasteiger partial charge in [0.2, 0.25) is 0 Å². The van der Waals surface area contributed by atoms with Crippen LogP contribution < -0.4 is 5.73 Å². The van der Waals surface area contributed by atoms with Gasteiger partial charge in [0.25, 0.3) is 0 Å². The first-order chi connectivity index (χ1) is 12.2. The van der Waals surface area contributed by atoms with Crippen LogP contribution in [0.5, 0.6) is 0 Å². The zero-order chi connectivity index (χ0) is 17.6. The van der Waals surface area contributed by atoms with Crippen molar-refractivity contribution in [2.24, 2.45) is 21.6 Å². The fraction of sp³-hybridized carbons (Fsp3) is 0.619. The molecule has 3 aliphatic rings. The second-order valence-electron chi connectivity index (χ2n) is 7.41. The van der Waals surface area contributed by atoms with Crippen molar-refractivity contribution in [2.45, 2.75) is 69.9 Å². The highest BCUT2D eigenvalue weighted by Gasteiger charge is 2.28. The second kappa shape index (κ2) is 8.61. The number of hydrogen-bond acceptors (Lipinski definition) is 4. The molecule has 0 radical (unpaired) electrons. The summed E-state index contributed by atoms with van der Waals surface area (Å²) in [6, 6.07) is 0.326. The maximum atomic E-state index is 6.40. The van der Waals surface area contributed by atoms with Gasteiger partial charge >= 0.3 is 0 Å². The Morgan fingerprint density at radius 1 is 1.08 bits per heavy atom. The Balaban J connectivity index is 1.84. The molecule has 0 unspecified atom stereocenters. The van der Waals surface area contributed by atoms with Gasteiger partial charge in [-0.3, -0.25) is 9.98 Å². The smallest absolute Gasteiger partial charge is 0.147 e. The third-order valence-electron chi connectivity index (χ3n) is 5.63. The molecule has 4 nitrogen and oxygen atoms in total. The van der Waals surface area contributed by atoms with Crippen molar-refractivity contribution in [3.05, 3.63) is 36.3 Å². The minimum atomic E-state index is 0.227. The number of aliphatic imine (C=N–C) groups is 2. The Morgan fingerprint density at radius 2 is 1.80 bits per heavy atom. The summed E-state index contributed by atoms with van der Waals surface area (Å²) in [4.78, 5) is 8.93. The average Bonchev–Trinajstić information content (AvgIpc) is 2.65. The van der Waals surface area contributed by atoms with Gasteiger partial charge in [0.15, 0.2) is 0 Å². The van der Waals surface area contributed by atoms with E-state index in [-0.39, 0.29) is 6.10 Å². The van der Waals surface area contributed by atoms with Crippen molar-refractivity contribution in [3.8, 4) is 0 Å². The van der Waals surface area contributed by atoms with Crippen LogP contribution in [0.25, 0.3) is 0 Å². The van der Waals surface area contributed by atoms with Gasteiger partial charge in [-0.15, -0.1) is 0 Å². The van der Waals surface area contributed by atoms with E-state index in [9.17, 15) is 0 Å². The first-order valence-electron chi connectivity index (χ1n) is 9.73. The summed E-state index contributed by atoms with van der Waals surface area (Å²) in [5, 5.41) is 0. The summed E-state index contributed by atoms with van der Waals surface area (Å²) in [7, 11) is 1.82. The maximum absolute atomic E-state index is 6.40. The van der Waals surface area contributed by atoms with E-state index in [1.54, 1.807) is 6.20 Å². The summed E-state index contributed by atoms with van der Waals surface area (Å²) in [6.45, 7) is 3.76. The van der Waals surface area contributed by atoms with Crippen LogP contribution in [0.15, 0.2) is 46.2 Å². The third-order valence-corrected chi connectivity index (χ3v) is 5.63. The van der Waals surface area contributed by atoms with Crippen LogP contribution in [-0.2, 0) is 4.74 Å². The first-order valence-corrected chi connectivity index (χ1v) is 9.73. The predicted octanol–water partition coefficient (Wildman–Crippen LogP) is 4.33. The van der Waals surface area contributed by atoms with E-state index in [2.05, 4.69) is 28.7 Å². The number of rotatable bonds is 4. The quantitative estimate of drug-likeness (QED) is 0.774. The fourth-order valence-electron chi connectivity index (χ4n) is 4.15. The molecule has 2 saturated carbocycles. The lowest BCUT2D eigenvalue weighted by atomic mass is 9.81. The van der Waals surface area contributed by atoms with Crippen molar-refractivity contribution >= 4 is 11.4 Å². The van der Waals surface area contributed by atoms with Crippen molar-refractivity contribution < 1.29 is 4.74 Å². The van der Waals surface area contributed by atoms with Crippen LogP contribution in [0.1, 0.15) is 57.8 Å². The van der Waals surface area contributed by atoms with Crippen LogP contribution >= 0.6 is 0 Å². The molecule has 4 heteroatoms. The highest BCUT2D eigenvalue weighted by atomic mass is 16.5. The molecule has 0 heterocycles. The Morgan fingerprint density at radius 3 is 2.44 bits per heavy atom. The van der Waals surface area contributed by atoms with Crippen LogP contribution in [0.4, 0.5) is 0 Å². The molecule has 3 aliphatic carbocycles. The van der Waals surface area contributed by atoms with Gasteiger partial charge in [-0.25, -0.2) is 0 Å². The van der Waals surface area contributed by atoms with E-state index in [4.69, 9.17) is 10.5 Å². The lowest BCUT2D eigenvalue weighted by Crippen LogP contribution is -2.32. The number of nitrogens with zero attached hydrogens (tertiary/aromatic N) is 2. The largest absolute Gasteiger partial charge is 0.488 e. The SMILES string of the molecule is C=C/N=C1/C(O[C@H]2CC[C@H](N)CC2)=CC(C2CCCCC2)=C/C1=N/C. The highest BCUT2D eigenvalue weighted by molar-refractivity contribution is 6.52. The van der Waals surface area contributed by atoms with Crippen LogP contribution in [-0.4, -0.2) is 30.6 Å². The topological polar surface area (TPSA) is 60.0 Å². The monoisotopic (exact) mass is 341 g/mol. The molecule has 25 heavy (non-hydrogen) atoms. The standard InChI is InChI=1S/C21H31N3O/c1-3-24-21-19(23-2)13-16(15-7-5-4-6-8-15)14-20(21)25-18-11-9-17(22)10-12-18/h3,13-15,17-18H,1,4-12,22H2,2H3/b23-19-,24-21+/t17-,18-. The summed E-state index contributed by atoms with van der Waals surface area (Å²) < 4.78 is 6.40. The number of nitrogens with two attached hydrogens (primary N) is 1. The molecule has 136 valence electrons. The van der Waals surface area contributed by atoms with Crippen LogP contribution in [0.3, 0.4) is 0 Å². The zero-order valence-electron chi connectivity index (χ0n) is 15.4. The van der Waals surface area contributed by atoms with E-state index in [1.165, 1.54) is 37.7 Å². The zero-order valence-corrected chi connectivity index (χ0v) is 15.4. The van der Waals surface area contributed by atoms with Gasteiger partial charge in [-0.05, 0) is 62.2 Å². The van der Waals surface area contributed by atoms with E-state index < -0.39 is 0 Å². The van der Waals surface area contributed by atoms with Gasteiger partial charge in [0.05, 0.1) is 11.8 Å². The number of hydrogen-bond donors (Lipinski definition) is 1. The van der Waals surface area contributed by atoms with E-state index in [0.717, 1.165) is 42.9 Å². The molecule has 3 rings (SSSR count). The molecule has 0 aromatic carbocycles.